The van der Waals surface area contributed by atoms with Gasteiger partial charge in [0.05, 0.1) is 0 Å². The standard InChI is InChI=1S/C6H8N2.ClH.Na.H/c7-8-6-4-2-1-3-5-6;;;/h1-5,8H,7H2;1H;;. The van der Waals surface area contributed by atoms with Crippen LogP contribution in [0.3, 0.4) is 0 Å². The Morgan fingerprint density at radius 1 is 1.10 bits per heavy atom. The first-order valence-corrected chi connectivity index (χ1v) is 2.45. The zero-order valence-corrected chi connectivity index (χ0v) is 5.69. The molecule has 0 heterocycles. The minimum absolute atomic E-state index is 0. The molecule has 10 heavy (non-hydrogen) atoms. The van der Waals surface area contributed by atoms with Gasteiger partial charge in [-0.05, 0) is 12.1 Å². The van der Waals surface area contributed by atoms with E-state index in [0.29, 0.717) is 0 Å². The van der Waals surface area contributed by atoms with Gasteiger partial charge in [0, 0.05) is 5.69 Å². The molecule has 0 unspecified atom stereocenters. The van der Waals surface area contributed by atoms with E-state index in [2.05, 4.69) is 5.43 Å². The van der Waals surface area contributed by atoms with Crippen LogP contribution in [0.1, 0.15) is 0 Å². The van der Waals surface area contributed by atoms with Gasteiger partial charge in [0.2, 0.25) is 0 Å². The van der Waals surface area contributed by atoms with Crippen molar-refractivity contribution in [1.82, 2.24) is 0 Å². The predicted octanol–water partition coefficient (Wildman–Crippen LogP) is 0.745. The third-order valence-corrected chi connectivity index (χ3v) is 0.940. The van der Waals surface area contributed by atoms with E-state index in [9.17, 15) is 0 Å². The molecule has 1 aromatic rings. The summed E-state index contributed by atoms with van der Waals surface area (Å²) in [5.41, 5.74) is 3.46. The number of hydrogen-bond donors (Lipinski definition) is 2. The Hall–Kier alpha value is 0.270. The van der Waals surface area contributed by atoms with E-state index >= 15 is 0 Å². The van der Waals surface area contributed by atoms with Gasteiger partial charge in [-0.3, -0.25) is 5.84 Å². The number of hydrogen-bond acceptors (Lipinski definition) is 2. The van der Waals surface area contributed by atoms with Gasteiger partial charge in [-0.2, -0.15) is 0 Å². The van der Waals surface area contributed by atoms with Crippen molar-refractivity contribution in [3.8, 4) is 0 Å². The number of nitrogen functional groups attached to an aromatic ring is 1. The molecule has 0 aromatic heterocycles. The average Bonchev–Trinajstić information content (AvgIpc) is 1.90. The Kier molecular flexibility index (Phi) is 9.52. The van der Waals surface area contributed by atoms with Crippen LogP contribution in [0.4, 0.5) is 5.69 Å². The molecule has 0 aliphatic carbocycles. The van der Waals surface area contributed by atoms with E-state index in [4.69, 9.17) is 5.84 Å². The number of hydrazine groups is 1. The van der Waals surface area contributed by atoms with Gasteiger partial charge in [-0.25, -0.2) is 0 Å². The van der Waals surface area contributed by atoms with Crippen LogP contribution in [0.2, 0.25) is 0 Å². The number of benzene rings is 1. The maximum absolute atomic E-state index is 5.10. The van der Waals surface area contributed by atoms with Crippen molar-refractivity contribution in [3.05, 3.63) is 30.3 Å². The van der Waals surface area contributed by atoms with E-state index in [1.165, 1.54) is 0 Å². The molecule has 0 fully saturated rings. The number of halogens is 1. The molecule has 0 saturated carbocycles. The molecule has 0 aliphatic rings. The van der Waals surface area contributed by atoms with Crippen molar-refractivity contribution in [3.63, 3.8) is 0 Å². The zero-order chi connectivity index (χ0) is 5.82. The van der Waals surface area contributed by atoms with Gasteiger partial charge in [0.25, 0.3) is 0 Å². The summed E-state index contributed by atoms with van der Waals surface area (Å²) in [6.45, 7) is 0. The fourth-order valence-corrected chi connectivity index (χ4v) is 0.534. The monoisotopic (exact) mass is 168 g/mol. The molecule has 1 rings (SSSR count). The first-order chi connectivity index (χ1) is 3.93. The molecule has 1 aromatic carbocycles. The van der Waals surface area contributed by atoms with Gasteiger partial charge in [-0.15, -0.1) is 12.4 Å². The average molecular weight is 169 g/mol. The van der Waals surface area contributed by atoms with Crippen LogP contribution in [0.15, 0.2) is 30.3 Å². The van der Waals surface area contributed by atoms with Crippen molar-refractivity contribution < 1.29 is 0 Å². The second-order valence-corrected chi connectivity index (χ2v) is 1.51. The number of nitrogens with one attached hydrogen (secondary N) is 1. The molecule has 0 aliphatic heterocycles. The summed E-state index contributed by atoms with van der Waals surface area (Å²) in [7, 11) is 0. The van der Waals surface area contributed by atoms with Crippen LogP contribution in [-0.2, 0) is 0 Å². The summed E-state index contributed by atoms with van der Waals surface area (Å²) in [6.07, 6.45) is 0. The van der Waals surface area contributed by atoms with Crippen molar-refractivity contribution in [2.24, 2.45) is 5.84 Å². The second-order valence-electron chi connectivity index (χ2n) is 1.51. The predicted molar refractivity (Wildman–Crippen MR) is 48.6 cm³/mol. The van der Waals surface area contributed by atoms with E-state index in [0.717, 1.165) is 5.69 Å². The second kappa shape index (κ2) is 7.38. The molecule has 3 N–H and O–H groups in total. The number of anilines is 1. The molecule has 4 heteroatoms. The molecular weight excluding hydrogens is 159 g/mol. The van der Waals surface area contributed by atoms with Crippen LogP contribution in [0.5, 0.6) is 0 Å². The minimum atomic E-state index is 0. The van der Waals surface area contributed by atoms with Crippen LogP contribution < -0.4 is 11.3 Å². The Labute approximate surface area is 88.9 Å². The van der Waals surface area contributed by atoms with Crippen LogP contribution in [-0.4, -0.2) is 29.6 Å². The Morgan fingerprint density at radius 2 is 1.60 bits per heavy atom. The van der Waals surface area contributed by atoms with Gasteiger partial charge in [0.15, 0.2) is 0 Å². The van der Waals surface area contributed by atoms with E-state index in [1.54, 1.807) is 0 Å². The summed E-state index contributed by atoms with van der Waals surface area (Å²) in [4.78, 5) is 0. The van der Waals surface area contributed by atoms with Gasteiger partial charge in [0.1, 0.15) is 0 Å². The fourth-order valence-electron chi connectivity index (χ4n) is 0.534. The molecular formula is C6H10ClN2Na. The van der Waals surface area contributed by atoms with Gasteiger partial charge < -0.3 is 5.43 Å². The molecule has 0 bridgehead atoms. The topological polar surface area (TPSA) is 38.0 Å². The molecule has 0 radical (unpaired) electrons. The SMILES string of the molecule is Cl.NNc1ccccc1.[NaH]. The van der Waals surface area contributed by atoms with Crippen molar-refractivity contribution in [2.45, 2.75) is 0 Å². The van der Waals surface area contributed by atoms with Crippen LogP contribution in [0.25, 0.3) is 0 Å². The van der Waals surface area contributed by atoms with Crippen LogP contribution in [0, 0.1) is 0 Å². The molecule has 2 nitrogen and oxygen atoms in total. The van der Waals surface area contributed by atoms with Crippen molar-refractivity contribution >= 4 is 47.7 Å². The number of para-hydroxylation sites is 1. The van der Waals surface area contributed by atoms with Crippen molar-refractivity contribution in [2.75, 3.05) is 5.43 Å². The fraction of sp³-hybridized carbons (Fsp3) is 0. The van der Waals surface area contributed by atoms with Crippen LogP contribution >= 0.6 is 12.4 Å². The maximum atomic E-state index is 5.10. The molecule has 0 saturated heterocycles. The van der Waals surface area contributed by atoms with Gasteiger partial charge in [-0.1, -0.05) is 18.2 Å². The van der Waals surface area contributed by atoms with Crippen molar-refractivity contribution in [1.29, 1.82) is 0 Å². The number of nitrogens with two attached hydrogens (primary N) is 1. The number of rotatable bonds is 1. The molecule has 0 spiro atoms. The summed E-state index contributed by atoms with van der Waals surface area (Å²) in [6, 6.07) is 9.60. The molecule has 0 atom stereocenters. The van der Waals surface area contributed by atoms with E-state index in [1.807, 2.05) is 30.3 Å². The zero-order valence-electron chi connectivity index (χ0n) is 4.87. The first kappa shape index (κ1) is 12.9. The van der Waals surface area contributed by atoms with Gasteiger partial charge >= 0.3 is 29.6 Å². The molecule has 0 amide bonds. The normalized spacial score (nSPS) is 6.90. The molecule has 52 valence electrons. The Morgan fingerprint density at radius 3 is 1.90 bits per heavy atom. The summed E-state index contributed by atoms with van der Waals surface area (Å²) in [5.74, 6) is 5.10. The Bertz CT molecular complexity index is 157. The summed E-state index contributed by atoms with van der Waals surface area (Å²) in [5, 5.41) is 0. The quantitative estimate of drug-likeness (QED) is 0.369. The summed E-state index contributed by atoms with van der Waals surface area (Å²) < 4.78 is 0. The third-order valence-electron chi connectivity index (χ3n) is 0.940. The Balaban J connectivity index is 0. The first-order valence-electron chi connectivity index (χ1n) is 2.45. The van der Waals surface area contributed by atoms with E-state index < -0.39 is 0 Å². The summed E-state index contributed by atoms with van der Waals surface area (Å²) >= 11 is 0. The third kappa shape index (κ3) is 4.14. The van der Waals surface area contributed by atoms with E-state index in [-0.39, 0.29) is 42.0 Å².